The molecule has 128 valence electrons. The Kier molecular flexibility index (Phi) is 4.62. The number of carboxylic acid groups (broad SMARTS) is 1. The fraction of sp³-hybridized carbons (Fsp3) is 0.176. The number of nitrogens with zero attached hydrogens (tertiary/aromatic N) is 3. The molecule has 0 aliphatic carbocycles. The van der Waals surface area contributed by atoms with Crippen molar-refractivity contribution in [2.24, 2.45) is 0 Å². The molecule has 8 heteroatoms. The molecule has 0 fully saturated rings. The molecule has 7 nitrogen and oxygen atoms in total. The quantitative estimate of drug-likeness (QED) is 0.663. The molecule has 0 unspecified atom stereocenters. The topological polar surface area (TPSA) is 95.3 Å². The molecule has 0 atom stereocenters. The number of hydrogen-bond acceptors (Lipinski definition) is 6. The van der Waals surface area contributed by atoms with E-state index in [0.717, 1.165) is 9.56 Å². The number of fused-ring (bicyclic) bond motifs is 1. The molecule has 1 amide bonds. The van der Waals surface area contributed by atoms with Crippen LogP contribution in [0.15, 0.2) is 46.6 Å². The molecule has 0 N–H and O–H groups in total. The van der Waals surface area contributed by atoms with E-state index >= 15 is 0 Å². The third-order valence-electron chi connectivity index (χ3n) is 3.74. The van der Waals surface area contributed by atoms with Crippen LogP contribution in [0.5, 0.6) is 0 Å². The summed E-state index contributed by atoms with van der Waals surface area (Å²) in [5, 5.41) is 17.4. The molecule has 0 saturated carbocycles. The predicted molar refractivity (Wildman–Crippen MR) is 91.1 cm³/mol. The normalized spacial score (nSPS) is 10.8. The number of aromatic carboxylic acids is 1. The Morgan fingerprint density at radius 3 is 2.56 bits per heavy atom. The summed E-state index contributed by atoms with van der Waals surface area (Å²) in [4.78, 5) is 38.7. The third kappa shape index (κ3) is 3.43. The van der Waals surface area contributed by atoms with Crippen LogP contribution in [0, 0.1) is 0 Å². The molecule has 0 spiro atoms. The largest absolute Gasteiger partial charge is 0.543 e. The summed E-state index contributed by atoms with van der Waals surface area (Å²) in [5.74, 6) is -1.84. The minimum Gasteiger partial charge on any atom is -0.543 e. The van der Waals surface area contributed by atoms with Gasteiger partial charge in [0.15, 0.2) is 0 Å². The average Bonchev–Trinajstić information content (AvgIpc) is 3.10. The van der Waals surface area contributed by atoms with Gasteiger partial charge < -0.3 is 14.8 Å². The van der Waals surface area contributed by atoms with Crippen molar-refractivity contribution >= 4 is 34.0 Å². The van der Waals surface area contributed by atoms with Gasteiger partial charge in [0.05, 0.1) is 17.9 Å². The lowest BCUT2D eigenvalue weighted by molar-refractivity contribution is -0.255. The fourth-order valence-electron chi connectivity index (χ4n) is 2.47. The molecule has 3 rings (SSSR count). The van der Waals surface area contributed by atoms with Gasteiger partial charge in [-0.3, -0.25) is 9.59 Å². The second kappa shape index (κ2) is 6.86. The number of benzene rings is 1. The maximum atomic E-state index is 12.5. The number of rotatable bonds is 5. The maximum Gasteiger partial charge on any atom is 0.275 e. The molecule has 2 heterocycles. The van der Waals surface area contributed by atoms with E-state index in [1.807, 2.05) is 17.5 Å². The molecule has 0 aliphatic rings. The zero-order chi connectivity index (χ0) is 18.0. The van der Waals surface area contributed by atoms with Gasteiger partial charge in [0.1, 0.15) is 12.2 Å². The monoisotopic (exact) mass is 356 g/mol. The van der Waals surface area contributed by atoms with Crippen molar-refractivity contribution in [3.05, 3.63) is 62.7 Å². The van der Waals surface area contributed by atoms with E-state index in [2.05, 4.69) is 5.10 Å². The van der Waals surface area contributed by atoms with Crippen LogP contribution in [-0.4, -0.2) is 33.6 Å². The average molecular weight is 356 g/mol. The van der Waals surface area contributed by atoms with Gasteiger partial charge in [-0.25, -0.2) is 4.68 Å². The van der Waals surface area contributed by atoms with Crippen LogP contribution >= 0.6 is 11.3 Å². The Morgan fingerprint density at radius 1 is 1.20 bits per heavy atom. The first-order chi connectivity index (χ1) is 12.0. The van der Waals surface area contributed by atoms with Gasteiger partial charge in [0, 0.05) is 17.3 Å². The van der Waals surface area contributed by atoms with Crippen molar-refractivity contribution in [3.63, 3.8) is 0 Å². The minimum absolute atomic E-state index is 0.186. The summed E-state index contributed by atoms with van der Waals surface area (Å²) in [6.45, 7) is 0.0675. The molecular formula is C17H14N3O4S-. The summed E-state index contributed by atoms with van der Waals surface area (Å²) in [7, 11) is 1.62. The molecule has 3 aromatic rings. The number of aromatic nitrogens is 2. The maximum absolute atomic E-state index is 12.5. The highest BCUT2D eigenvalue weighted by Crippen LogP contribution is 2.13. The van der Waals surface area contributed by atoms with Gasteiger partial charge >= 0.3 is 0 Å². The van der Waals surface area contributed by atoms with Crippen LogP contribution in [0.3, 0.4) is 0 Å². The van der Waals surface area contributed by atoms with E-state index in [4.69, 9.17) is 0 Å². The van der Waals surface area contributed by atoms with Gasteiger partial charge in [-0.2, -0.15) is 5.10 Å². The highest BCUT2D eigenvalue weighted by molar-refractivity contribution is 7.09. The zero-order valence-corrected chi connectivity index (χ0v) is 14.2. The Balaban J connectivity index is 1.93. The number of carbonyl (C=O) groups excluding carboxylic acids is 2. The van der Waals surface area contributed by atoms with Crippen LogP contribution < -0.4 is 10.7 Å². The van der Waals surface area contributed by atoms with E-state index in [9.17, 15) is 19.5 Å². The summed E-state index contributed by atoms with van der Waals surface area (Å²) >= 11 is 1.52. The van der Waals surface area contributed by atoms with Crippen molar-refractivity contribution in [2.45, 2.75) is 13.1 Å². The Bertz CT molecular complexity index is 995. The predicted octanol–water partition coefficient (Wildman–Crippen LogP) is 0.480. The van der Waals surface area contributed by atoms with Crippen LogP contribution in [0.2, 0.25) is 0 Å². The first kappa shape index (κ1) is 16.8. The standard InChI is InChI=1S/C17H15N3O4S/c1-19(9-11-5-4-8-25-11)14(21)10-20-16(22)13-7-3-2-6-12(13)15(18-20)17(23)24/h2-8H,9-10H2,1H3,(H,23,24)/p-1. The Morgan fingerprint density at radius 2 is 1.92 bits per heavy atom. The van der Waals surface area contributed by atoms with Gasteiger partial charge in [-0.15, -0.1) is 11.3 Å². The number of carbonyl (C=O) groups is 2. The Hall–Kier alpha value is -3.00. The molecule has 1 aromatic carbocycles. The lowest BCUT2D eigenvalue weighted by Crippen LogP contribution is -2.36. The van der Waals surface area contributed by atoms with E-state index in [1.54, 1.807) is 19.2 Å². The fourth-order valence-corrected chi connectivity index (χ4v) is 3.22. The van der Waals surface area contributed by atoms with Crippen molar-refractivity contribution in [2.75, 3.05) is 7.05 Å². The van der Waals surface area contributed by atoms with Gasteiger partial charge in [0.2, 0.25) is 5.91 Å². The summed E-state index contributed by atoms with van der Waals surface area (Å²) in [6, 6.07) is 10.0. The van der Waals surface area contributed by atoms with Crippen molar-refractivity contribution in [3.8, 4) is 0 Å². The second-order valence-corrected chi connectivity index (χ2v) is 6.51. The molecule has 0 saturated heterocycles. The van der Waals surface area contributed by atoms with Gasteiger partial charge in [0.25, 0.3) is 5.56 Å². The molecule has 25 heavy (non-hydrogen) atoms. The van der Waals surface area contributed by atoms with E-state index in [1.165, 1.54) is 28.4 Å². The van der Waals surface area contributed by atoms with Crippen LogP contribution in [0.4, 0.5) is 0 Å². The van der Waals surface area contributed by atoms with Crippen LogP contribution in [0.25, 0.3) is 10.8 Å². The molecule has 2 aromatic heterocycles. The van der Waals surface area contributed by atoms with Crippen molar-refractivity contribution in [1.29, 1.82) is 0 Å². The second-order valence-electron chi connectivity index (χ2n) is 5.47. The van der Waals surface area contributed by atoms with E-state index in [-0.39, 0.29) is 28.9 Å². The number of hydrogen-bond donors (Lipinski definition) is 0. The van der Waals surface area contributed by atoms with E-state index < -0.39 is 11.5 Å². The molecular weight excluding hydrogens is 342 g/mol. The first-order valence-corrected chi connectivity index (χ1v) is 8.33. The number of likely N-dealkylation sites (N-methyl/N-ethyl adjacent to an activating group) is 1. The summed E-state index contributed by atoms with van der Waals surface area (Å²) in [5.41, 5.74) is -0.873. The lowest BCUT2D eigenvalue weighted by atomic mass is 10.1. The zero-order valence-electron chi connectivity index (χ0n) is 13.3. The van der Waals surface area contributed by atoms with Crippen molar-refractivity contribution in [1.82, 2.24) is 14.7 Å². The van der Waals surface area contributed by atoms with Crippen LogP contribution in [0.1, 0.15) is 15.4 Å². The molecule has 0 radical (unpaired) electrons. The van der Waals surface area contributed by atoms with Gasteiger partial charge in [-0.1, -0.05) is 24.3 Å². The SMILES string of the molecule is CN(Cc1cccs1)C(=O)Cn1nc(C(=O)[O-])c2ccccc2c1=O. The molecule has 0 bridgehead atoms. The van der Waals surface area contributed by atoms with E-state index in [0.29, 0.717) is 6.54 Å². The first-order valence-electron chi connectivity index (χ1n) is 7.45. The number of carboxylic acids is 1. The summed E-state index contributed by atoms with van der Waals surface area (Å²) < 4.78 is 0.876. The van der Waals surface area contributed by atoms with Crippen molar-refractivity contribution < 1.29 is 14.7 Å². The molecule has 0 aliphatic heterocycles. The third-order valence-corrected chi connectivity index (χ3v) is 4.61. The number of thiophene rings is 1. The summed E-state index contributed by atoms with van der Waals surface area (Å²) in [6.07, 6.45) is 0. The number of amides is 1. The van der Waals surface area contributed by atoms with Gasteiger partial charge in [-0.05, 0) is 17.5 Å². The highest BCUT2D eigenvalue weighted by atomic mass is 32.1. The Labute approximate surface area is 146 Å². The van der Waals surface area contributed by atoms with Crippen LogP contribution in [-0.2, 0) is 17.9 Å². The minimum atomic E-state index is -1.50. The lowest BCUT2D eigenvalue weighted by Gasteiger charge is -2.17. The highest BCUT2D eigenvalue weighted by Gasteiger charge is 2.16. The smallest absolute Gasteiger partial charge is 0.275 e.